The van der Waals surface area contributed by atoms with Crippen LogP contribution in [0, 0.1) is 13.8 Å². The Kier molecular flexibility index (Phi) is 4.14. The van der Waals surface area contributed by atoms with E-state index in [-0.39, 0.29) is 5.97 Å². The second kappa shape index (κ2) is 5.15. The molecule has 0 aliphatic rings. The third-order valence-electron chi connectivity index (χ3n) is 2.25. The molecule has 0 N–H and O–H groups in total. The van der Waals surface area contributed by atoms with Gasteiger partial charge in [-0.2, -0.15) is 0 Å². The minimum absolute atomic E-state index is 0.0991. The minimum Gasteiger partial charge on any atom is -0.466 e. The molecule has 1 aromatic heterocycles. The molecule has 0 fully saturated rings. The van der Waals surface area contributed by atoms with Crippen molar-refractivity contribution in [3.63, 3.8) is 0 Å². The van der Waals surface area contributed by atoms with Crippen LogP contribution in [0.4, 0.5) is 0 Å². The van der Waals surface area contributed by atoms with Crippen molar-refractivity contribution in [1.82, 2.24) is 0 Å². The van der Waals surface area contributed by atoms with Gasteiger partial charge in [0.2, 0.25) is 0 Å². The zero-order chi connectivity index (χ0) is 10.6. The molecule has 0 radical (unpaired) electrons. The van der Waals surface area contributed by atoms with E-state index < -0.39 is 0 Å². The average molecular weight is 212 g/mol. The van der Waals surface area contributed by atoms with Crippen molar-refractivity contribution in [1.29, 1.82) is 0 Å². The molecular weight excluding hydrogens is 196 g/mol. The zero-order valence-electron chi connectivity index (χ0n) is 8.92. The van der Waals surface area contributed by atoms with Gasteiger partial charge in [0.25, 0.3) is 0 Å². The Morgan fingerprint density at radius 1 is 1.50 bits per heavy atom. The summed E-state index contributed by atoms with van der Waals surface area (Å²) in [6, 6.07) is 0. The number of rotatable bonds is 4. The van der Waals surface area contributed by atoms with E-state index in [1.165, 1.54) is 16.0 Å². The quantitative estimate of drug-likeness (QED) is 0.717. The summed E-state index contributed by atoms with van der Waals surface area (Å²) in [6.07, 6.45) is 1.30. The number of aryl methyl sites for hydroxylation is 2. The minimum atomic E-state index is -0.0991. The number of esters is 1. The van der Waals surface area contributed by atoms with Crippen molar-refractivity contribution < 1.29 is 9.53 Å². The number of ether oxygens (including phenoxy) is 1. The van der Waals surface area contributed by atoms with Gasteiger partial charge in [-0.1, -0.05) is 0 Å². The molecule has 3 heteroatoms. The summed E-state index contributed by atoms with van der Waals surface area (Å²) in [5.41, 5.74) is 2.63. The van der Waals surface area contributed by atoms with E-state index in [0.29, 0.717) is 13.0 Å². The SMILES string of the molecule is CCOC(=O)CCc1scc(C)c1C. The largest absolute Gasteiger partial charge is 0.466 e. The fourth-order valence-corrected chi connectivity index (χ4v) is 2.30. The average Bonchev–Trinajstić information content (AvgIpc) is 2.46. The van der Waals surface area contributed by atoms with Gasteiger partial charge in [0.15, 0.2) is 0 Å². The first-order chi connectivity index (χ1) is 6.65. The maximum absolute atomic E-state index is 11.1. The first-order valence-corrected chi connectivity index (χ1v) is 5.72. The van der Waals surface area contributed by atoms with Crippen molar-refractivity contribution in [3.8, 4) is 0 Å². The fraction of sp³-hybridized carbons (Fsp3) is 0.545. The molecule has 0 aliphatic heterocycles. The summed E-state index contributed by atoms with van der Waals surface area (Å²) in [5, 5.41) is 2.13. The summed E-state index contributed by atoms with van der Waals surface area (Å²) < 4.78 is 4.88. The van der Waals surface area contributed by atoms with Gasteiger partial charge in [-0.15, -0.1) is 11.3 Å². The molecule has 78 valence electrons. The lowest BCUT2D eigenvalue weighted by Crippen LogP contribution is -2.04. The van der Waals surface area contributed by atoms with Crippen LogP contribution in [0.3, 0.4) is 0 Å². The molecule has 1 aromatic rings. The van der Waals surface area contributed by atoms with E-state index in [1.807, 2.05) is 6.92 Å². The molecule has 0 aromatic carbocycles. The normalized spacial score (nSPS) is 10.2. The van der Waals surface area contributed by atoms with Crippen LogP contribution in [0.5, 0.6) is 0 Å². The molecule has 0 saturated carbocycles. The van der Waals surface area contributed by atoms with E-state index in [1.54, 1.807) is 11.3 Å². The van der Waals surface area contributed by atoms with E-state index in [9.17, 15) is 4.79 Å². The number of carbonyl (C=O) groups is 1. The first-order valence-electron chi connectivity index (χ1n) is 4.84. The monoisotopic (exact) mass is 212 g/mol. The molecule has 1 rings (SSSR count). The van der Waals surface area contributed by atoms with Crippen LogP contribution in [0.25, 0.3) is 0 Å². The molecule has 0 amide bonds. The number of hydrogen-bond acceptors (Lipinski definition) is 3. The Bertz CT molecular complexity index is 315. The third-order valence-corrected chi connectivity index (χ3v) is 3.52. The summed E-state index contributed by atoms with van der Waals surface area (Å²) in [4.78, 5) is 12.4. The molecule has 0 spiro atoms. The summed E-state index contributed by atoms with van der Waals surface area (Å²) in [6.45, 7) is 6.51. The zero-order valence-corrected chi connectivity index (χ0v) is 9.74. The van der Waals surface area contributed by atoms with Gasteiger partial charge < -0.3 is 4.74 Å². The van der Waals surface area contributed by atoms with Crippen LogP contribution in [0.15, 0.2) is 5.38 Å². The maximum Gasteiger partial charge on any atom is 0.306 e. The second-order valence-electron chi connectivity index (χ2n) is 3.27. The lowest BCUT2D eigenvalue weighted by Gasteiger charge is -2.01. The number of thiophene rings is 1. The Morgan fingerprint density at radius 2 is 2.21 bits per heavy atom. The van der Waals surface area contributed by atoms with Crippen molar-refractivity contribution in [2.45, 2.75) is 33.6 Å². The van der Waals surface area contributed by atoms with Crippen LogP contribution < -0.4 is 0 Å². The van der Waals surface area contributed by atoms with E-state index >= 15 is 0 Å². The summed E-state index contributed by atoms with van der Waals surface area (Å²) >= 11 is 1.73. The fourth-order valence-electron chi connectivity index (χ4n) is 1.25. The van der Waals surface area contributed by atoms with Crippen molar-refractivity contribution in [3.05, 3.63) is 21.4 Å². The third kappa shape index (κ3) is 2.84. The van der Waals surface area contributed by atoms with Gasteiger partial charge >= 0.3 is 5.97 Å². The van der Waals surface area contributed by atoms with Crippen LogP contribution in [0.2, 0.25) is 0 Å². The summed E-state index contributed by atoms with van der Waals surface area (Å²) in [5.74, 6) is -0.0991. The van der Waals surface area contributed by atoms with Crippen LogP contribution in [0.1, 0.15) is 29.3 Å². The highest BCUT2D eigenvalue weighted by molar-refractivity contribution is 7.10. The van der Waals surface area contributed by atoms with Gasteiger partial charge in [0.1, 0.15) is 0 Å². The Hall–Kier alpha value is -0.830. The first kappa shape index (κ1) is 11.2. The highest BCUT2D eigenvalue weighted by Crippen LogP contribution is 2.22. The predicted molar refractivity (Wildman–Crippen MR) is 58.7 cm³/mol. The molecule has 2 nitrogen and oxygen atoms in total. The molecule has 14 heavy (non-hydrogen) atoms. The topological polar surface area (TPSA) is 26.3 Å². The standard InChI is InChI=1S/C11H16O2S/c1-4-13-11(12)6-5-10-9(3)8(2)7-14-10/h7H,4-6H2,1-3H3. The van der Waals surface area contributed by atoms with Crippen molar-refractivity contribution in [2.75, 3.05) is 6.61 Å². The van der Waals surface area contributed by atoms with Crippen molar-refractivity contribution in [2.24, 2.45) is 0 Å². The van der Waals surface area contributed by atoms with Crippen molar-refractivity contribution >= 4 is 17.3 Å². The number of carbonyl (C=O) groups excluding carboxylic acids is 1. The lowest BCUT2D eigenvalue weighted by molar-refractivity contribution is -0.143. The van der Waals surface area contributed by atoms with Crippen LogP contribution in [-0.4, -0.2) is 12.6 Å². The van der Waals surface area contributed by atoms with Gasteiger partial charge in [-0.3, -0.25) is 4.79 Å². The Balaban J connectivity index is 2.46. The van der Waals surface area contributed by atoms with E-state index in [4.69, 9.17) is 4.74 Å². The van der Waals surface area contributed by atoms with Gasteiger partial charge in [-0.25, -0.2) is 0 Å². The molecule has 0 bridgehead atoms. The molecular formula is C11H16O2S. The smallest absolute Gasteiger partial charge is 0.306 e. The lowest BCUT2D eigenvalue weighted by atomic mass is 10.1. The Morgan fingerprint density at radius 3 is 2.71 bits per heavy atom. The predicted octanol–water partition coefficient (Wildman–Crippen LogP) is 2.86. The summed E-state index contributed by atoms with van der Waals surface area (Å²) in [7, 11) is 0. The molecule has 1 heterocycles. The highest BCUT2D eigenvalue weighted by atomic mass is 32.1. The molecule has 0 unspecified atom stereocenters. The van der Waals surface area contributed by atoms with Crippen LogP contribution in [-0.2, 0) is 16.0 Å². The molecule has 0 atom stereocenters. The molecule has 0 saturated heterocycles. The second-order valence-corrected chi connectivity index (χ2v) is 4.24. The Labute approximate surface area is 88.9 Å². The van der Waals surface area contributed by atoms with E-state index in [0.717, 1.165) is 6.42 Å². The van der Waals surface area contributed by atoms with Gasteiger partial charge in [-0.05, 0) is 43.7 Å². The molecule has 0 aliphatic carbocycles. The highest BCUT2D eigenvalue weighted by Gasteiger charge is 2.07. The van der Waals surface area contributed by atoms with Gasteiger partial charge in [0, 0.05) is 4.88 Å². The number of hydrogen-bond donors (Lipinski definition) is 0. The van der Waals surface area contributed by atoms with Crippen LogP contribution >= 0.6 is 11.3 Å². The van der Waals surface area contributed by atoms with E-state index in [2.05, 4.69) is 19.2 Å². The maximum atomic E-state index is 11.1. The van der Waals surface area contributed by atoms with Gasteiger partial charge in [0.05, 0.1) is 13.0 Å².